The van der Waals surface area contributed by atoms with Gasteiger partial charge in [-0.1, -0.05) is 109 Å². The van der Waals surface area contributed by atoms with Crippen LogP contribution in [0.2, 0.25) is 0 Å². The largest absolute Gasteiger partial charge is 0.294 e. The van der Waals surface area contributed by atoms with Crippen molar-refractivity contribution in [3.8, 4) is 11.3 Å². The molecule has 2 heteroatoms. The number of aromatic nitrogens is 1. The molecule has 0 saturated carbocycles. The van der Waals surface area contributed by atoms with Crippen molar-refractivity contribution in [1.82, 2.24) is 4.98 Å². The molecular formula is C34H25NO. The molecule has 0 spiro atoms. The lowest BCUT2D eigenvalue weighted by Crippen LogP contribution is -2.11. The van der Waals surface area contributed by atoms with Crippen molar-refractivity contribution in [2.45, 2.75) is 12.3 Å². The first-order valence-corrected chi connectivity index (χ1v) is 12.3. The zero-order valence-corrected chi connectivity index (χ0v) is 19.8. The summed E-state index contributed by atoms with van der Waals surface area (Å²) in [6.45, 7) is 0. The first-order chi connectivity index (χ1) is 17.8. The Morgan fingerprint density at radius 3 is 1.97 bits per heavy atom. The average molecular weight is 464 g/mol. The van der Waals surface area contributed by atoms with Crippen LogP contribution in [0.15, 0.2) is 133 Å². The van der Waals surface area contributed by atoms with Crippen LogP contribution in [0.1, 0.15) is 33.8 Å². The van der Waals surface area contributed by atoms with Crippen LogP contribution in [0.25, 0.3) is 32.9 Å². The summed E-state index contributed by atoms with van der Waals surface area (Å²) in [7, 11) is 0. The zero-order chi connectivity index (χ0) is 24.3. The van der Waals surface area contributed by atoms with Crippen LogP contribution in [0, 0.1) is 0 Å². The van der Waals surface area contributed by atoms with E-state index in [4.69, 9.17) is 4.98 Å². The number of carbonyl (C=O) groups is 1. The van der Waals surface area contributed by atoms with E-state index < -0.39 is 0 Å². The Kier molecular flexibility index (Phi) is 5.85. The lowest BCUT2D eigenvalue weighted by Gasteiger charge is -2.22. The Balaban J connectivity index is 1.56. The number of benzene rings is 5. The monoisotopic (exact) mass is 463 g/mol. The van der Waals surface area contributed by atoms with Gasteiger partial charge in [0.05, 0.1) is 11.2 Å². The molecular weight excluding hydrogens is 438 g/mol. The van der Waals surface area contributed by atoms with Gasteiger partial charge in [-0.2, -0.15) is 0 Å². The Labute approximate surface area is 210 Å². The second kappa shape index (κ2) is 9.59. The topological polar surface area (TPSA) is 30.0 Å². The molecule has 1 atom stereocenters. The predicted molar refractivity (Wildman–Crippen MR) is 148 cm³/mol. The van der Waals surface area contributed by atoms with Crippen LogP contribution in [-0.2, 0) is 0 Å². The molecule has 0 saturated heterocycles. The van der Waals surface area contributed by atoms with Crippen molar-refractivity contribution in [2.24, 2.45) is 0 Å². The number of nitrogens with zero attached hydrogens (tertiary/aromatic N) is 1. The fourth-order valence-electron chi connectivity index (χ4n) is 5.00. The molecule has 6 aromatic rings. The predicted octanol–water partition coefficient (Wildman–Crippen LogP) is 8.46. The van der Waals surface area contributed by atoms with Crippen molar-refractivity contribution >= 4 is 27.5 Å². The normalized spacial score (nSPS) is 12.0. The van der Waals surface area contributed by atoms with E-state index in [2.05, 4.69) is 66.7 Å². The van der Waals surface area contributed by atoms with Crippen molar-refractivity contribution in [3.05, 3.63) is 150 Å². The molecule has 0 unspecified atom stereocenters. The number of rotatable bonds is 6. The van der Waals surface area contributed by atoms with Crippen molar-refractivity contribution in [3.63, 3.8) is 0 Å². The summed E-state index contributed by atoms with van der Waals surface area (Å²) in [4.78, 5) is 18.5. The summed E-state index contributed by atoms with van der Waals surface area (Å²) in [5.41, 5.74) is 5.93. The molecule has 5 aromatic carbocycles. The van der Waals surface area contributed by atoms with Gasteiger partial charge in [-0.3, -0.25) is 4.79 Å². The van der Waals surface area contributed by atoms with Crippen LogP contribution < -0.4 is 0 Å². The highest BCUT2D eigenvalue weighted by Gasteiger charge is 2.23. The van der Waals surface area contributed by atoms with E-state index in [1.54, 1.807) is 0 Å². The first-order valence-electron chi connectivity index (χ1n) is 12.3. The van der Waals surface area contributed by atoms with Crippen LogP contribution >= 0.6 is 0 Å². The molecule has 36 heavy (non-hydrogen) atoms. The molecule has 0 N–H and O–H groups in total. The second-order valence-electron chi connectivity index (χ2n) is 9.13. The highest BCUT2D eigenvalue weighted by atomic mass is 16.1. The summed E-state index contributed by atoms with van der Waals surface area (Å²) in [6, 6.07) is 45.2. The van der Waals surface area contributed by atoms with Gasteiger partial charge in [0.25, 0.3) is 0 Å². The molecule has 0 aliphatic rings. The number of hydrogen-bond acceptors (Lipinski definition) is 2. The van der Waals surface area contributed by atoms with E-state index >= 15 is 0 Å². The molecule has 2 nitrogen and oxygen atoms in total. The highest BCUT2D eigenvalue weighted by molar-refractivity contribution is 5.97. The SMILES string of the molecule is O=C(C[C@H](c1ccccc1)c1cc2ccccc2cc1-c1ccc2ccccc2n1)c1ccccc1. The molecule has 0 amide bonds. The Morgan fingerprint density at radius 2 is 1.22 bits per heavy atom. The molecule has 0 aliphatic carbocycles. The number of para-hydroxylation sites is 1. The maximum Gasteiger partial charge on any atom is 0.163 e. The van der Waals surface area contributed by atoms with Gasteiger partial charge in [0.1, 0.15) is 0 Å². The number of ketones is 1. The minimum absolute atomic E-state index is 0.105. The van der Waals surface area contributed by atoms with E-state index in [0.29, 0.717) is 6.42 Å². The van der Waals surface area contributed by atoms with Gasteiger partial charge < -0.3 is 0 Å². The van der Waals surface area contributed by atoms with Gasteiger partial charge in [0.15, 0.2) is 5.78 Å². The minimum atomic E-state index is -0.105. The van der Waals surface area contributed by atoms with Crippen molar-refractivity contribution in [1.29, 1.82) is 0 Å². The van der Waals surface area contributed by atoms with Gasteiger partial charge in [0.2, 0.25) is 0 Å². The zero-order valence-electron chi connectivity index (χ0n) is 19.8. The Morgan fingerprint density at radius 1 is 0.611 bits per heavy atom. The molecule has 0 radical (unpaired) electrons. The summed E-state index contributed by atoms with van der Waals surface area (Å²) in [6.07, 6.45) is 0.382. The fraction of sp³-hybridized carbons (Fsp3) is 0.0588. The summed E-state index contributed by atoms with van der Waals surface area (Å²) in [5, 5.41) is 3.43. The third kappa shape index (κ3) is 4.30. The molecule has 1 heterocycles. The van der Waals surface area contributed by atoms with Gasteiger partial charge in [0, 0.05) is 28.9 Å². The molecule has 0 fully saturated rings. The van der Waals surface area contributed by atoms with E-state index in [1.165, 1.54) is 0 Å². The van der Waals surface area contributed by atoms with E-state index in [1.807, 2.05) is 66.7 Å². The van der Waals surface area contributed by atoms with Crippen LogP contribution in [0.5, 0.6) is 0 Å². The van der Waals surface area contributed by atoms with E-state index in [0.717, 1.165) is 49.6 Å². The molecule has 0 aliphatic heterocycles. The molecule has 172 valence electrons. The quantitative estimate of drug-likeness (QED) is 0.232. The molecule has 1 aromatic heterocycles. The summed E-state index contributed by atoms with van der Waals surface area (Å²) < 4.78 is 0. The first kappa shape index (κ1) is 21.9. The van der Waals surface area contributed by atoms with Gasteiger partial charge in [-0.25, -0.2) is 4.98 Å². The number of carbonyl (C=O) groups excluding carboxylic acids is 1. The number of pyridine rings is 1. The molecule has 6 rings (SSSR count). The van der Waals surface area contributed by atoms with Crippen LogP contribution in [0.3, 0.4) is 0 Å². The standard InChI is InChI=1S/C34H25NO/c36-34(26-14-5-2-6-15-26)23-29(24-11-3-1-4-12-24)30-21-27-16-7-8-17-28(27)22-31(30)33-20-19-25-13-9-10-18-32(25)35-33/h1-22,29H,23H2/t29-/m1/s1. The lowest BCUT2D eigenvalue weighted by atomic mass is 9.81. The third-order valence-electron chi connectivity index (χ3n) is 6.85. The van der Waals surface area contributed by atoms with Gasteiger partial charge in [-0.15, -0.1) is 0 Å². The van der Waals surface area contributed by atoms with Gasteiger partial charge in [-0.05, 0) is 46.2 Å². The van der Waals surface area contributed by atoms with E-state index in [-0.39, 0.29) is 11.7 Å². The fourth-order valence-corrected chi connectivity index (χ4v) is 5.00. The van der Waals surface area contributed by atoms with Crippen molar-refractivity contribution < 1.29 is 4.79 Å². The smallest absolute Gasteiger partial charge is 0.163 e. The lowest BCUT2D eigenvalue weighted by molar-refractivity contribution is 0.0977. The Hall–Kier alpha value is -4.56. The molecule has 0 bridgehead atoms. The van der Waals surface area contributed by atoms with Gasteiger partial charge >= 0.3 is 0 Å². The summed E-state index contributed by atoms with van der Waals surface area (Å²) in [5.74, 6) is 0.0295. The number of hydrogen-bond donors (Lipinski definition) is 0. The minimum Gasteiger partial charge on any atom is -0.294 e. The second-order valence-corrected chi connectivity index (χ2v) is 9.13. The summed E-state index contributed by atoms with van der Waals surface area (Å²) >= 11 is 0. The van der Waals surface area contributed by atoms with Crippen LogP contribution in [-0.4, -0.2) is 10.8 Å². The van der Waals surface area contributed by atoms with E-state index in [9.17, 15) is 4.79 Å². The number of Topliss-reactive ketones (excluding diaryl/α,β-unsaturated/α-hetero) is 1. The maximum absolute atomic E-state index is 13.5. The maximum atomic E-state index is 13.5. The average Bonchev–Trinajstić information content (AvgIpc) is 2.96. The number of fused-ring (bicyclic) bond motifs is 2. The Bertz CT molecular complexity index is 1670. The van der Waals surface area contributed by atoms with Crippen LogP contribution in [0.4, 0.5) is 0 Å². The van der Waals surface area contributed by atoms with Crippen molar-refractivity contribution in [2.75, 3.05) is 0 Å². The highest BCUT2D eigenvalue weighted by Crippen LogP contribution is 2.38. The third-order valence-corrected chi connectivity index (χ3v) is 6.85.